The van der Waals surface area contributed by atoms with Gasteiger partial charge in [0.1, 0.15) is 0 Å². The Bertz CT molecular complexity index is 137. The van der Waals surface area contributed by atoms with Crippen LogP contribution in [0.4, 0.5) is 0 Å². The molecular formula is C10H22N2O. The first kappa shape index (κ1) is 11.0. The summed E-state index contributed by atoms with van der Waals surface area (Å²) in [4.78, 5) is 2.50. The van der Waals surface area contributed by atoms with Crippen LogP contribution < -0.4 is 5.32 Å². The summed E-state index contributed by atoms with van der Waals surface area (Å²) in [7, 11) is 0. The number of nitrogens with one attached hydrogen (secondary N) is 1. The van der Waals surface area contributed by atoms with Crippen molar-refractivity contribution >= 4 is 0 Å². The lowest BCUT2D eigenvalue weighted by Crippen LogP contribution is -2.52. The summed E-state index contributed by atoms with van der Waals surface area (Å²) in [5.41, 5.74) is 0. The highest BCUT2D eigenvalue weighted by molar-refractivity contribution is 4.79. The van der Waals surface area contributed by atoms with Gasteiger partial charge in [0.15, 0.2) is 0 Å². The minimum Gasteiger partial charge on any atom is -0.396 e. The Morgan fingerprint density at radius 3 is 2.92 bits per heavy atom. The van der Waals surface area contributed by atoms with E-state index in [1.165, 1.54) is 0 Å². The molecule has 78 valence electrons. The van der Waals surface area contributed by atoms with Crippen molar-refractivity contribution in [1.82, 2.24) is 10.2 Å². The molecule has 2 N–H and O–H groups in total. The van der Waals surface area contributed by atoms with Crippen LogP contribution in [-0.2, 0) is 0 Å². The van der Waals surface area contributed by atoms with Gasteiger partial charge in [0.25, 0.3) is 0 Å². The lowest BCUT2D eigenvalue weighted by molar-refractivity contribution is 0.118. The number of hydrogen-bond donors (Lipinski definition) is 2. The number of aliphatic hydroxyl groups is 1. The van der Waals surface area contributed by atoms with Crippen LogP contribution in [0.1, 0.15) is 20.3 Å². The van der Waals surface area contributed by atoms with Gasteiger partial charge in [0.05, 0.1) is 0 Å². The van der Waals surface area contributed by atoms with Crippen molar-refractivity contribution in [1.29, 1.82) is 0 Å². The van der Waals surface area contributed by atoms with Crippen LogP contribution >= 0.6 is 0 Å². The number of nitrogens with zero attached hydrogens (tertiary/aromatic N) is 1. The molecule has 1 saturated heterocycles. The molecule has 3 nitrogen and oxygen atoms in total. The van der Waals surface area contributed by atoms with E-state index < -0.39 is 0 Å². The molecule has 13 heavy (non-hydrogen) atoms. The molecule has 3 heteroatoms. The van der Waals surface area contributed by atoms with Gasteiger partial charge in [-0.2, -0.15) is 0 Å². The molecule has 0 unspecified atom stereocenters. The zero-order chi connectivity index (χ0) is 9.68. The lowest BCUT2D eigenvalue weighted by atomic mass is 10.1. The van der Waals surface area contributed by atoms with Gasteiger partial charge < -0.3 is 10.4 Å². The molecular weight excluding hydrogens is 164 g/mol. The van der Waals surface area contributed by atoms with E-state index in [-0.39, 0.29) is 0 Å². The Kier molecular flexibility index (Phi) is 4.70. The normalized spacial score (nSPS) is 25.4. The summed E-state index contributed by atoms with van der Waals surface area (Å²) in [6.45, 7) is 9.22. The van der Waals surface area contributed by atoms with E-state index in [2.05, 4.69) is 24.1 Å². The molecule has 0 aliphatic carbocycles. The van der Waals surface area contributed by atoms with Crippen LogP contribution in [0.3, 0.4) is 0 Å². The molecule has 1 fully saturated rings. The average molecular weight is 186 g/mol. The fourth-order valence-corrected chi connectivity index (χ4v) is 1.95. The smallest absolute Gasteiger partial charge is 0.0446 e. The second kappa shape index (κ2) is 5.58. The highest BCUT2D eigenvalue weighted by Gasteiger charge is 2.21. The molecule has 1 aliphatic heterocycles. The molecule has 1 heterocycles. The van der Waals surface area contributed by atoms with Crippen molar-refractivity contribution in [2.24, 2.45) is 5.92 Å². The maximum atomic E-state index is 8.92. The molecule has 0 aromatic rings. The third-order valence-corrected chi connectivity index (χ3v) is 2.53. The van der Waals surface area contributed by atoms with Gasteiger partial charge in [-0.25, -0.2) is 0 Å². The quantitative estimate of drug-likeness (QED) is 0.663. The Hall–Kier alpha value is -0.120. The predicted octanol–water partition coefficient (Wildman–Crippen LogP) is 0.299. The Balaban J connectivity index is 2.36. The topological polar surface area (TPSA) is 35.5 Å². The summed E-state index contributed by atoms with van der Waals surface area (Å²) < 4.78 is 0. The maximum absolute atomic E-state index is 8.92. The van der Waals surface area contributed by atoms with Crippen molar-refractivity contribution in [2.45, 2.75) is 26.3 Å². The molecule has 0 saturated carbocycles. The molecule has 1 atom stereocenters. The molecule has 1 aliphatic rings. The monoisotopic (exact) mass is 186 g/mol. The van der Waals surface area contributed by atoms with Gasteiger partial charge >= 0.3 is 0 Å². The molecule has 1 rings (SSSR count). The lowest BCUT2D eigenvalue weighted by Gasteiger charge is -2.37. The predicted molar refractivity (Wildman–Crippen MR) is 54.8 cm³/mol. The van der Waals surface area contributed by atoms with Crippen LogP contribution in [0.25, 0.3) is 0 Å². The molecule has 0 aromatic heterocycles. The number of rotatable bonds is 4. The molecule has 0 aromatic carbocycles. The summed E-state index contributed by atoms with van der Waals surface area (Å²) in [5, 5.41) is 12.3. The summed E-state index contributed by atoms with van der Waals surface area (Å²) >= 11 is 0. The van der Waals surface area contributed by atoms with Crippen LogP contribution in [-0.4, -0.2) is 48.8 Å². The largest absolute Gasteiger partial charge is 0.396 e. The molecule has 0 spiro atoms. The van der Waals surface area contributed by atoms with Crippen molar-refractivity contribution in [3.8, 4) is 0 Å². The maximum Gasteiger partial charge on any atom is 0.0446 e. The van der Waals surface area contributed by atoms with E-state index in [0.717, 1.165) is 38.5 Å². The first-order chi connectivity index (χ1) is 6.24. The zero-order valence-electron chi connectivity index (χ0n) is 8.79. The summed E-state index contributed by atoms with van der Waals surface area (Å²) in [6, 6.07) is 0.543. The minimum atomic E-state index is 0.306. The van der Waals surface area contributed by atoms with Crippen LogP contribution in [0, 0.1) is 5.92 Å². The van der Waals surface area contributed by atoms with Crippen molar-refractivity contribution in [2.75, 3.05) is 32.8 Å². The van der Waals surface area contributed by atoms with Gasteiger partial charge in [-0.3, -0.25) is 4.90 Å². The van der Waals surface area contributed by atoms with Crippen molar-refractivity contribution < 1.29 is 5.11 Å². The van der Waals surface area contributed by atoms with Crippen LogP contribution in [0.5, 0.6) is 0 Å². The molecule has 0 radical (unpaired) electrons. The van der Waals surface area contributed by atoms with Gasteiger partial charge in [0.2, 0.25) is 0 Å². The Morgan fingerprint density at radius 1 is 1.54 bits per heavy atom. The van der Waals surface area contributed by atoms with Crippen LogP contribution in [0.15, 0.2) is 0 Å². The number of hydrogen-bond acceptors (Lipinski definition) is 3. The highest BCUT2D eigenvalue weighted by Crippen LogP contribution is 2.09. The average Bonchev–Trinajstić information content (AvgIpc) is 2.08. The first-order valence-corrected chi connectivity index (χ1v) is 5.29. The zero-order valence-corrected chi connectivity index (χ0v) is 8.79. The fraction of sp³-hybridized carbons (Fsp3) is 1.00. The SMILES string of the molecule is CC(C)CN1CCNC[C@H]1CCO. The summed E-state index contributed by atoms with van der Waals surface area (Å²) in [6.07, 6.45) is 0.903. The third-order valence-electron chi connectivity index (χ3n) is 2.53. The Morgan fingerprint density at radius 2 is 2.31 bits per heavy atom. The molecule has 0 amide bonds. The minimum absolute atomic E-state index is 0.306. The van der Waals surface area contributed by atoms with Gasteiger partial charge in [0, 0.05) is 38.8 Å². The summed E-state index contributed by atoms with van der Waals surface area (Å²) in [5.74, 6) is 0.722. The molecule has 0 bridgehead atoms. The van der Waals surface area contributed by atoms with Gasteiger partial charge in [-0.1, -0.05) is 13.8 Å². The van der Waals surface area contributed by atoms with E-state index in [9.17, 15) is 0 Å². The first-order valence-electron chi connectivity index (χ1n) is 5.29. The third kappa shape index (κ3) is 3.63. The fourth-order valence-electron chi connectivity index (χ4n) is 1.95. The second-order valence-corrected chi connectivity index (χ2v) is 4.26. The standard InChI is InChI=1S/C10H22N2O/c1-9(2)8-12-5-4-11-7-10(12)3-6-13/h9-11,13H,3-8H2,1-2H3/t10-/m1/s1. The van der Waals surface area contributed by atoms with Gasteiger partial charge in [-0.15, -0.1) is 0 Å². The Labute approximate surface area is 81.1 Å². The second-order valence-electron chi connectivity index (χ2n) is 4.26. The van der Waals surface area contributed by atoms with E-state index >= 15 is 0 Å². The van der Waals surface area contributed by atoms with E-state index in [1.54, 1.807) is 0 Å². The number of piperazine rings is 1. The van der Waals surface area contributed by atoms with Crippen LogP contribution in [0.2, 0.25) is 0 Å². The van der Waals surface area contributed by atoms with E-state index in [1.807, 2.05) is 0 Å². The van der Waals surface area contributed by atoms with Crippen molar-refractivity contribution in [3.63, 3.8) is 0 Å². The van der Waals surface area contributed by atoms with Gasteiger partial charge in [-0.05, 0) is 12.3 Å². The number of aliphatic hydroxyl groups excluding tert-OH is 1. The van der Waals surface area contributed by atoms with E-state index in [4.69, 9.17) is 5.11 Å². The highest BCUT2D eigenvalue weighted by atomic mass is 16.3. The van der Waals surface area contributed by atoms with Crippen molar-refractivity contribution in [3.05, 3.63) is 0 Å². The van der Waals surface area contributed by atoms with E-state index in [0.29, 0.717) is 12.6 Å².